The molecule has 1 amide bonds. The third kappa shape index (κ3) is 3.22. The zero-order valence-corrected chi connectivity index (χ0v) is 17.6. The van der Waals surface area contributed by atoms with Crippen LogP contribution in [0.3, 0.4) is 0 Å². The monoisotopic (exact) mass is 409 g/mol. The van der Waals surface area contributed by atoms with Crippen LogP contribution in [0.1, 0.15) is 41.3 Å². The first-order chi connectivity index (χ1) is 13.7. The van der Waals surface area contributed by atoms with Gasteiger partial charge in [-0.05, 0) is 55.7 Å². The van der Waals surface area contributed by atoms with E-state index in [1.54, 1.807) is 18.1 Å². The van der Waals surface area contributed by atoms with Crippen LogP contribution in [0.25, 0.3) is 10.2 Å². The van der Waals surface area contributed by atoms with E-state index in [1.165, 1.54) is 39.8 Å². The molecule has 0 saturated heterocycles. The number of thioether (sulfide) groups is 1. The highest BCUT2D eigenvalue weighted by Gasteiger charge is 2.27. The number of aromatic nitrogens is 2. The molecule has 3 aromatic rings. The zero-order valence-electron chi connectivity index (χ0n) is 16.0. The standard InChI is InChI=1S/C22H23N3OS2/c1-14(22(26)25-11-10-15-6-2-3-7-16(15)12-25)27-20-19-17-8-4-5-9-18(17)28-21(19)24-13-23-20/h2-3,6-7,13-14H,4-5,8-12H2,1H3/t14-/m1/s1. The van der Waals surface area contributed by atoms with Gasteiger partial charge in [-0.3, -0.25) is 4.79 Å². The van der Waals surface area contributed by atoms with Crippen molar-refractivity contribution in [2.45, 2.75) is 55.8 Å². The van der Waals surface area contributed by atoms with Crippen LogP contribution in [0.15, 0.2) is 35.6 Å². The van der Waals surface area contributed by atoms with Crippen LogP contribution in [0, 0.1) is 0 Å². The molecule has 28 heavy (non-hydrogen) atoms. The van der Waals surface area contributed by atoms with Gasteiger partial charge in [0, 0.05) is 23.4 Å². The quantitative estimate of drug-likeness (QED) is 0.467. The van der Waals surface area contributed by atoms with Crippen LogP contribution >= 0.6 is 23.1 Å². The van der Waals surface area contributed by atoms with Crippen molar-refractivity contribution in [3.63, 3.8) is 0 Å². The number of amides is 1. The average Bonchev–Trinajstić information content (AvgIpc) is 3.12. The number of hydrogen-bond acceptors (Lipinski definition) is 5. The number of carbonyl (C=O) groups is 1. The Morgan fingerprint density at radius 2 is 1.96 bits per heavy atom. The second-order valence-electron chi connectivity index (χ2n) is 7.61. The van der Waals surface area contributed by atoms with Crippen LogP contribution in [0.2, 0.25) is 0 Å². The van der Waals surface area contributed by atoms with Crippen molar-refractivity contribution in [1.29, 1.82) is 0 Å². The fourth-order valence-electron chi connectivity index (χ4n) is 4.31. The number of thiophene rings is 1. The highest BCUT2D eigenvalue weighted by molar-refractivity contribution is 8.00. The summed E-state index contributed by atoms with van der Waals surface area (Å²) in [7, 11) is 0. The fourth-order valence-corrected chi connectivity index (χ4v) is 6.63. The molecule has 0 bridgehead atoms. The summed E-state index contributed by atoms with van der Waals surface area (Å²) in [6.07, 6.45) is 7.36. The minimum absolute atomic E-state index is 0.150. The number of rotatable bonds is 3. The third-order valence-corrected chi connectivity index (χ3v) is 8.08. The maximum Gasteiger partial charge on any atom is 0.236 e. The molecule has 0 N–H and O–H groups in total. The number of hydrogen-bond donors (Lipinski definition) is 0. The third-order valence-electron chi connectivity index (χ3n) is 5.80. The summed E-state index contributed by atoms with van der Waals surface area (Å²) < 4.78 is 0. The van der Waals surface area contributed by atoms with Crippen LogP contribution in [0.5, 0.6) is 0 Å². The molecule has 1 atom stereocenters. The van der Waals surface area contributed by atoms with Crippen molar-refractivity contribution in [2.75, 3.05) is 6.54 Å². The van der Waals surface area contributed by atoms with Crippen LogP contribution < -0.4 is 0 Å². The van der Waals surface area contributed by atoms with E-state index in [-0.39, 0.29) is 11.2 Å². The number of carbonyl (C=O) groups excluding carboxylic acids is 1. The first-order valence-electron chi connectivity index (χ1n) is 9.98. The smallest absolute Gasteiger partial charge is 0.236 e. The Morgan fingerprint density at radius 3 is 2.86 bits per heavy atom. The topological polar surface area (TPSA) is 46.1 Å². The molecular formula is C22H23N3OS2. The molecule has 0 radical (unpaired) electrons. The maximum absolute atomic E-state index is 13.1. The largest absolute Gasteiger partial charge is 0.337 e. The Hall–Kier alpha value is -1.92. The van der Waals surface area contributed by atoms with Gasteiger partial charge in [0.1, 0.15) is 16.2 Å². The highest BCUT2D eigenvalue weighted by atomic mass is 32.2. The summed E-state index contributed by atoms with van der Waals surface area (Å²) in [6.45, 7) is 3.53. The van der Waals surface area contributed by atoms with E-state index in [0.29, 0.717) is 6.54 Å². The van der Waals surface area contributed by atoms with E-state index < -0.39 is 0 Å². The lowest BCUT2D eigenvalue weighted by molar-refractivity contribution is -0.131. The fraction of sp³-hybridized carbons (Fsp3) is 0.409. The highest BCUT2D eigenvalue weighted by Crippen LogP contribution is 2.40. The molecule has 1 aromatic carbocycles. The lowest BCUT2D eigenvalue weighted by Gasteiger charge is -2.30. The van der Waals surface area contributed by atoms with Gasteiger partial charge < -0.3 is 4.90 Å². The van der Waals surface area contributed by atoms with Gasteiger partial charge in [-0.2, -0.15) is 0 Å². The summed E-state index contributed by atoms with van der Waals surface area (Å²) in [5.74, 6) is 0.204. The van der Waals surface area contributed by atoms with Crippen molar-refractivity contribution in [1.82, 2.24) is 14.9 Å². The van der Waals surface area contributed by atoms with E-state index in [2.05, 4.69) is 34.2 Å². The van der Waals surface area contributed by atoms with Crippen LogP contribution in [-0.4, -0.2) is 32.6 Å². The summed E-state index contributed by atoms with van der Waals surface area (Å²) in [5, 5.41) is 2.03. The number of aryl methyl sites for hydroxylation is 2. The van der Waals surface area contributed by atoms with E-state index >= 15 is 0 Å². The van der Waals surface area contributed by atoms with Gasteiger partial charge in [0.05, 0.1) is 5.25 Å². The predicted octanol–water partition coefficient (Wildman–Crippen LogP) is 4.64. The van der Waals surface area contributed by atoms with E-state index in [0.717, 1.165) is 35.7 Å². The maximum atomic E-state index is 13.1. The van der Waals surface area contributed by atoms with E-state index in [1.807, 2.05) is 23.2 Å². The number of fused-ring (bicyclic) bond motifs is 4. The Morgan fingerprint density at radius 1 is 1.14 bits per heavy atom. The molecule has 0 spiro atoms. The molecule has 4 nitrogen and oxygen atoms in total. The Labute approximate surface area is 173 Å². The summed E-state index contributed by atoms with van der Waals surface area (Å²) >= 11 is 3.41. The Bertz CT molecular complexity index is 1050. The van der Waals surface area contributed by atoms with Gasteiger partial charge in [0.15, 0.2) is 0 Å². The molecule has 0 saturated carbocycles. The van der Waals surface area contributed by atoms with Gasteiger partial charge in [-0.1, -0.05) is 36.0 Å². The predicted molar refractivity (Wildman–Crippen MR) is 115 cm³/mol. The van der Waals surface area contributed by atoms with Gasteiger partial charge >= 0.3 is 0 Å². The average molecular weight is 410 g/mol. The van der Waals surface area contributed by atoms with Crippen LogP contribution in [0.4, 0.5) is 0 Å². The molecule has 1 aliphatic heterocycles. The normalized spacial score (nSPS) is 17.2. The summed E-state index contributed by atoms with van der Waals surface area (Å²) in [5.41, 5.74) is 4.07. The summed E-state index contributed by atoms with van der Waals surface area (Å²) in [6, 6.07) is 8.45. The van der Waals surface area contributed by atoms with Gasteiger partial charge in [0.2, 0.25) is 5.91 Å². The van der Waals surface area contributed by atoms with Crippen molar-refractivity contribution in [3.05, 3.63) is 52.2 Å². The molecule has 0 unspecified atom stereocenters. The van der Waals surface area contributed by atoms with Crippen molar-refractivity contribution in [2.24, 2.45) is 0 Å². The van der Waals surface area contributed by atoms with Crippen molar-refractivity contribution >= 4 is 39.2 Å². The molecular weight excluding hydrogens is 386 g/mol. The molecule has 3 heterocycles. The molecule has 144 valence electrons. The van der Waals surface area contributed by atoms with Gasteiger partial charge in [0.25, 0.3) is 0 Å². The van der Waals surface area contributed by atoms with Gasteiger partial charge in [-0.15, -0.1) is 11.3 Å². The summed E-state index contributed by atoms with van der Waals surface area (Å²) in [4.78, 5) is 26.8. The first kappa shape index (κ1) is 18.1. The minimum Gasteiger partial charge on any atom is -0.337 e. The van der Waals surface area contributed by atoms with Crippen molar-refractivity contribution < 1.29 is 4.79 Å². The zero-order chi connectivity index (χ0) is 19.1. The van der Waals surface area contributed by atoms with E-state index in [4.69, 9.17) is 0 Å². The molecule has 2 aliphatic rings. The lowest BCUT2D eigenvalue weighted by Crippen LogP contribution is -2.40. The second-order valence-corrected chi connectivity index (χ2v) is 10.0. The Balaban J connectivity index is 1.38. The molecule has 6 heteroatoms. The SMILES string of the molecule is C[C@@H](Sc1ncnc2sc3c(c12)CCCC3)C(=O)N1CCc2ccccc2C1. The molecule has 5 rings (SSSR count). The first-order valence-corrected chi connectivity index (χ1v) is 11.7. The van der Waals surface area contributed by atoms with Crippen LogP contribution in [-0.2, 0) is 30.6 Å². The van der Waals surface area contributed by atoms with Gasteiger partial charge in [-0.25, -0.2) is 9.97 Å². The number of benzene rings is 1. The van der Waals surface area contributed by atoms with Crippen molar-refractivity contribution in [3.8, 4) is 0 Å². The Kier molecular flexibility index (Phi) is 4.85. The molecule has 0 fully saturated rings. The number of nitrogens with zero attached hydrogens (tertiary/aromatic N) is 3. The minimum atomic E-state index is -0.150. The lowest BCUT2D eigenvalue weighted by atomic mass is 9.97. The second kappa shape index (κ2) is 7.48. The van der Waals surface area contributed by atoms with E-state index in [9.17, 15) is 4.79 Å². The molecule has 1 aliphatic carbocycles. The molecule has 2 aromatic heterocycles.